The minimum atomic E-state index is -0.364. The Balaban J connectivity index is 1.50. The lowest BCUT2D eigenvalue weighted by Crippen LogP contribution is -2.37. The quantitative estimate of drug-likeness (QED) is 0.912. The van der Waals surface area contributed by atoms with Gasteiger partial charge in [-0.25, -0.2) is 4.39 Å². The normalized spacial score (nSPS) is 16.3. The molecule has 1 fully saturated rings. The molecule has 2 aliphatic rings. The van der Waals surface area contributed by atoms with E-state index in [1.165, 1.54) is 6.07 Å². The Bertz CT molecular complexity index is 872. The summed E-state index contributed by atoms with van der Waals surface area (Å²) in [6.07, 6.45) is 2.55. The van der Waals surface area contributed by atoms with Crippen LogP contribution in [0.5, 0.6) is 0 Å². The standard InChI is InChI=1S/C19H21FN4O2/c1-23-16-8-9-24(17(25)10-13-4-2-3-5-15(13)20)11-14(16)18(22-23)21-19(26)12-6-7-12/h2-5,12H,6-11H2,1H3,(H,21,22,26). The highest BCUT2D eigenvalue weighted by atomic mass is 19.1. The van der Waals surface area contributed by atoms with Crippen LogP contribution in [-0.4, -0.2) is 33.0 Å². The van der Waals surface area contributed by atoms with E-state index >= 15 is 0 Å². The molecule has 0 atom stereocenters. The van der Waals surface area contributed by atoms with Gasteiger partial charge in [0, 0.05) is 37.2 Å². The maximum Gasteiger partial charge on any atom is 0.228 e. The average Bonchev–Trinajstić information content (AvgIpc) is 3.43. The number of hydrogen-bond donors (Lipinski definition) is 1. The summed E-state index contributed by atoms with van der Waals surface area (Å²) < 4.78 is 15.6. The van der Waals surface area contributed by atoms with E-state index in [9.17, 15) is 14.0 Å². The Morgan fingerprint density at radius 1 is 1.31 bits per heavy atom. The van der Waals surface area contributed by atoms with Crippen molar-refractivity contribution in [1.82, 2.24) is 14.7 Å². The lowest BCUT2D eigenvalue weighted by Gasteiger charge is -2.27. The molecule has 4 rings (SSSR count). The highest BCUT2D eigenvalue weighted by molar-refractivity contribution is 5.94. The number of halogens is 1. The highest BCUT2D eigenvalue weighted by Crippen LogP contribution is 2.32. The van der Waals surface area contributed by atoms with Gasteiger partial charge in [0.2, 0.25) is 11.8 Å². The van der Waals surface area contributed by atoms with Crippen LogP contribution in [-0.2, 0) is 36.0 Å². The van der Waals surface area contributed by atoms with Gasteiger partial charge in [-0.15, -0.1) is 0 Å². The number of aromatic nitrogens is 2. The largest absolute Gasteiger partial charge is 0.337 e. The van der Waals surface area contributed by atoms with Crippen molar-refractivity contribution in [3.05, 3.63) is 46.9 Å². The Kier molecular flexibility index (Phi) is 4.22. The third-order valence-electron chi connectivity index (χ3n) is 5.08. The molecular weight excluding hydrogens is 335 g/mol. The number of anilines is 1. The summed E-state index contributed by atoms with van der Waals surface area (Å²) in [4.78, 5) is 26.4. The van der Waals surface area contributed by atoms with Crippen molar-refractivity contribution in [2.45, 2.75) is 32.2 Å². The lowest BCUT2D eigenvalue weighted by molar-refractivity contribution is -0.131. The van der Waals surface area contributed by atoms with Crippen molar-refractivity contribution in [2.24, 2.45) is 13.0 Å². The second-order valence-corrected chi connectivity index (χ2v) is 6.99. The Morgan fingerprint density at radius 3 is 2.81 bits per heavy atom. The summed E-state index contributed by atoms with van der Waals surface area (Å²) in [6.45, 7) is 0.951. The lowest BCUT2D eigenvalue weighted by atomic mass is 10.0. The molecule has 7 heteroatoms. The Morgan fingerprint density at radius 2 is 2.08 bits per heavy atom. The van der Waals surface area contributed by atoms with Crippen LogP contribution in [0.15, 0.2) is 24.3 Å². The van der Waals surface area contributed by atoms with Crippen molar-refractivity contribution in [2.75, 3.05) is 11.9 Å². The molecule has 1 aromatic heterocycles. The first-order valence-electron chi connectivity index (χ1n) is 8.89. The van der Waals surface area contributed by atoms with E-state index in [-0.39, 0.29) is 30.0 Å². The predicted octanol–water partition coefficient (Wildman–Crippen LogP) is 2.04. The molecule has 1 aliphatic carbocycles. The fraction of sp³-hybridized carbons (Fsp3) is 0.421. The van der Waals surface area contributed by atoms with Crippen LogP contribution in [0, 0.1) is 11.7 Å². The third-order valence-corrected chi connectivity index (χ3v) is 5.08. The number of rotatable bonds is 4. The molecule has 0 spiro atoms. The van der Waals surface area contributed by atoms with E-state index < -0.39 is 0 Å². The molecular formula is C19H21FN4O2. The molecule has 0 unspecified atom stereocenters. The summed E-state index contributed by atoms with van der Waals surface area (Å²) >= 11 is 0. The zero-order chi connectivity index (χ0) is 18.3. The summed E-state index contributed by atoms with van der Waals surface area (Å²) in [6, 6.07) is 6.34. The molecule has 26 heavy (non-hydrogen) atoms. The fourth-order valence-corrected chi connectivity index (χ4v) is 3.39. The van der Waals surface area contributed by atoms with E-state index in [4.69, 9.17) is 0 Å². The summed E-state index contributed by atoms with van der Waals surface area (Å²) in [7, 11) is 1.85. The second-order valence-electron chi connectivity index (χ2n) is 6.99. The minimum absolute atomic E-state index is 0.000654. The van der Waals surface area contributed by atoms with Crippen LogP contribution in [0.3, 0.4) is 0 Å². The van der Waals surface area contributed by atoms with Crippen molar-refractivity contribution < 1.29 is 14.0 Å². The topological polar surface area (TPSA) is 67.2 Å². The molecule has 1 aromatic carbocycles. The number of fused-ring (bicyclic) bond motifs is 1. The first kappa shape index (κ1) is 16.8. The van der Waals surface area contributed by atoms with E-state index in [1.54, 1.807) is 27.8 Å². The number of hydrogen-bond acceptors (Lipinski definition) is 3. The average molecular weight is 356 g/mol. The Hall–Kier alpha value is -2.70. The van der Waals surface area contributed by atoms with Crippen molar-refractivity contribution in [3.63, 3.8) is 0 Å². The number of amides is 2. The molecule has 0 saturated heterocycles. The fourth-order valence-electron chi connectivity index (χ4n) is 3.39. The van der Waals surface area contributed by atoms with Crippen molar-refractivity contribution >= 4 is 17.6 Å². The maximum atomic E-state index is 13.8. The molecule has 1 N–H and O–H groups in total. The number of nitrogens with zero attached hydrogens (tertiary/aromatic N) is 3. The number of carbonyl (C=O) groups excluding carboxylic acids is 2. The first-order valence-corrected chi connectivity index (χ1v) is 8.89. The van der Waals surface area contributed by atoms with Crippen LogP contribution >= 0.6 is 0 Å². The zero-order valence-electron chi connectivity index (χ0n) is 14.7. The van der Waals surface area contributed by atoms with E-state index in [0.29, 0.717) is 30.9 Å². The molecule has 0 bridgehead atoms. The maximum absolute atomic E-state index is 13.8. The van der Waals surface area contributed by atoms with Gasteiger partial charge in [0.1, 0.15) is 5.82 Å². The van der Waals surface area contributed by atoms with Gasteiger partial charge in [-0.2, -0.15) is 5.10 Å². The zero-order valence-corrected chi connectivity index (χ0v) is 14.7. The molecule has 136 valence electrons. The summed E-state index contributed by atoms with van der Waals surface area (Å²) in [5, 5.41) is 7.32. The van der Waals surface area contributed by atoms with Crippen LogP contribution in [0.4, 0.5) is 10.2 Å². The van der Waals surface area contributed by atoms with Gasteiger partial charge in [-0.1, -0.05) is 18.2 Å². The molecule has 2 aromatic rings. The van der Waals surface area contributed by atoms with Gasteiger partial charge < -0.3 is 10.2 Å². The van der Waals surface area contributed by atoms with E-state index in [2.05, 4.69) is 10.4 Å². The Labute approximate surface area is 151 Å². The first-order chi connectivity index (χ1) is 12.5. The van der Waals surface area contributed by atoms with E-state index in [1.807, 2.05) is 7.05 Å². The van der Waals surface area contributed by atoms with Gasteiger partial charge in [-0.3, -0.25) is 14.3 Å². The third kappa shape index (κ3) is 3.21. The SMILES string of the molecule is Cn1nc(NC(=O)C2CC2)c2c1CCN(C(=O)Cc1ccccc1F)C2. The number of carbonyl (C=O) groups is 2. The van der Waals surface area contributed by atoms with Crippen molar-refractivity contribution in [1.29, 1.82) is 0 Å². The molecule has 1 aliphatic heterocycles. The van der Waals surface area contributed by atoms with E-state index in [0.717, 1.165) is 24.1 Å². The van der Waals surface area contributed by atoms with Crippen LogP contribution < -0.4 is 5.32 Å². The predicted molar refractivity (Wildman–Crippen MR) is 93.8 cm³/mol. The summed E-state index contributed by atoms with van der Waals surface area (Å²) in [5.41, 5.74) is 2.32. The van der Waals surface area contributed by atoms with Crippen LogP contribution in [0.25, 0.3) is 0 Å². The number of aryl methyl sites for hydroxylation is 1. The molecule has 1 saturated carbocycles. The number of benzene rings is 1. The second kappa shape index (κ2) is 6.55. The smallest absolute Gasteiger partial charge is 0.228 e. The van der Waals surface area contributed by atoms with Crippen LogP contribution in [0.1, 0.15) is 29.7 Å². The van der Waals surface area contributed by atoms with Gasteiger partial charge in [0.25, 0.3) is 0 Å². The van der Waals surface area contributed by atoms with Crippen molar-refractivity contribution in [3.8, 4) is 0 Å². The van der Waals surface area contributed by atoms with Gasteiger partial charge in [-0.05, 0) is 24.5 Å². The highest BCUT2D eigenvalue weighted by Gasteiger charge is 2.32. The molecule has 6 nitrogen and oxygen atoms in total. The van der Waals surface area contributed by atoms with Gasteiger partial charge in [0.15, 0.2) is 5.82 Å². The molecule has 0 radical (unpaired) electrons. The molecule has 2 heterocycles. The monoisotopic (exact) mass is 356 g/mol. The van der Waals surface area contributed by atoms with Gasteiger partial charge in [0.05, 0.1) is 13.0 Å². The summed E-state index contributed by atoms with van der Waals surface area (Å²) in [5.74, 6) is 0.153. The minimum Gasteiger partial charge on any atom is -0.337 e. The van der Waals surface area contributed by atoms with Gasteiger partial charge >= 0.3 is 0 Å². The number of nitrogens with one attached hydrogen (secondary N) is 1. The van der Waals surface area contributed by atoms with Crippen LogP contribution in [0.2, 0.25) is 0 Å². The molecule has 2 amide bonds.